The highest BCUT2D eigenvalue weighted by molar-refractivity contribution is 5.93. The van der Waals surface area contributed by atoms with Gasteiger partial charge in [-0.1, -0.05) is 13.8 Å². The zero-order valence-corrected chi connectivity index (χ0v) is 18.8. The third kappa shape index (κ3) is 12.9. The summed E-state index contributed by atoms with van der Waals surface area (Å²) in [4.78, 5) is 80.8. The van der Waals surface area contributed by atoms with E-state index < -0.39 is 98.4 Å². The predicted molar refractivity (Wildman–Crippen MR) is 114 cm³/mol. The molecule has 0 bridgehead atoms. The number of amides is 4. The van der Waals surface area contributed by atoms with Gasteiger partial charge in [-0.3, -0.25) is 28.8 Å². The second-order valence-electron chi connectivity index (χ2n) is 7.65. The molecule has 0 saturated carbocycles. The lowest BCUT2D eigenvalue weighted by molar-refractivity contribution is -0.144. The van der Waals surface area contributed by atoms with Crippen molar-refractivity contribution in [3.63, 3.8) is 0 Å². The molecule has 0 saturated heterocycles. The molecule has 4 amide bonds. The quantitative estimate of drug-likeness (QED) is 0.108. The first kappa shape index (κ1) is 30.2. The van der Waals surface area contributed by atoms with E-state index in [1.807, 2.05) is 0 Å². The molecular weight excluding hydrogens is 458 g/mol. The highest BCUT2D eigenvalue weighted by atomic mass is 16.4. The van der Waals surface area contributed by atoms with Gasteiger partial charge in [-0.05, 0) is 18.8 Å². The van der Waals surface area contributed by atoms with E-state index >= 15 is 0 Å². The highest BCUT2D eigenvalue weighted by Crippen LogP contribution is 2.03. The fourth-order valence-corrected chi connectivity index (χ4v) is 2.41. The van der Waals surface area contributed by atoms with Gasteiger partial charge in [-0.25, -0.2) is 4.79 Å². The minimum atomic E-state index is -1.58. The van der Waals surface area contributed by atoms with Crippen LogP contribution in [0.5, 0.6) is 0 Å². The molecule has 0 aliphatic rings. The van der Waals surface area contributed by atoms with Crippen molar-refractivity contribution in [3.05, 3.63) is 0 Å². The molecule has 0 heterocycles. The van der Waals surface area contributed by atoms with Crippen LogP contribution in [-0.2, 0) is 33.6 Å². The van der Waals surface area contributed by atoms with Crippen molar-refractivity contribution in [2.24, 2.45) is 11.7 Å². The molecule has 0 aliphatic carbocycles. The van der Waals surface area contributed by atoms with E-state index in [1.165, 1.54) is 0 Å². The maximum absolute atomic E-state index is 12.4. The minimum absolute atomic E-state index is 0.160. The van der Waals surface area contributed by atoms with Crippen LogP contribution < -0.4 is 27.0 Å². The van der Waals surface area contributed by atoms with Crippen LogP contribution in [0, 0.1) is 5.92 Å². The molecule has 0 aromatic heterocycles. The Morgan fingerprint density at radius 2 is 1.21 bits per heavy atom. The lowest BCUT2D eigenvalue weighted by Gasteiger charge is -2.21. The number of carbonyl (C=O) groups excluding carboxylic acids is 4. The van der Waals surface area contributed by atoms with Gasteiger partial charge in [-0.15, -0.1) is 0 Å². The van der Waals surface area contributed by atoms with Crippen molar-refractivity contribution in [3.8, 4) is 0 Å². The number of hydrogen-bond donors (Lipinski definition) is 8. The molecule has 0 fully saturated rings. The van der Waals surface area contributed by atoms with Crippen LogP contribution >= 0.6 is 0 Å². The first-order chi connectivity index (χ1) is 15.7. The standard InChI is InChI=1S/C19H31N5O10/c1-9(2)16(20)18(32)22-7-12(25)21-8-13(26)23-10(3-5-14(27)28)17(31)24-11(19(33)34)4-6-15(29)30/h9-11,16H,3-8,20H2,1-2H3,(H,21,25)(H,22,32)(H,23,26)(H,24,31)(H,27,28)(H,29,30)(H,33,34)/t10-,11-,16-/m0/s1. The van der Waals surface area contributed by atoms with Crippen molar-refractivity contribution in [1.82, 2.24) is 21.3 Å². The summed E-state index contributed by atoms with van der Waals surface area (Å²) in [6, 6.07) is -3.86. The van der Waals surface area contributed by atoms with Crippen LogP contribution in [0.15, 0.2) is 0 Å². The number of nitrogens with two attached hydrogens (primary N) is 1. The molecular formula is C19H31N5O10. The zero-order valence-electron chi connectivity index (χ0n) is 18.8. The Hall–Kier alpha value is -3.75. The Labute approximate surface area is 194 Å². The topological polar surface area (TPSA) is 254 Å². The normalized spacial score (nSPS) is 13.2. The summed E-state index contributed by atoms with van der Waals surface area (Å²) >= 11 is 0. The molecule has 15 nitrogen and oxygen atoms in total. The second kappa shape index (κ2) is 15.2. The van der Waals surface area contributed by atoms with Crippen LogP contribution in [0.4, 0.5) is 0 Å². The van der Waals surface area contributed by atoms with E-state index in [1.54, 1.807) is 13.8 Å². The lowest BCUT2D eigenvalue weighted by atomic mass is 10.1. The second-order valence-corrected chi connectivity index (χ2v) is 7.65. The number of nitrogens with one attached hydrogen (secondary N) is 4. The molecule has 0 aromatic rings. The minimum Gasteiger partial charge on any atom is -0.481 e. The molecule has 3 atom stereocenters. The maximum atomic E-state index is 12.4. The van der Waals surface area contributed by atoms with Gasteiger partial charge in [0.15, 0.2) is 0 Å². The van der Waals surface area contributed by atoms with E-state index in [0.29, 0.717) is 0 Å². The molecule has 0 unspecified atom stereocenters. The predicted octanol–water partition coefficient (Wildman–Crippen LogP) is -3.01. The van der Waals surface area contributed by atoms with E-state index in [9.17, 15) is 33.6 Å². The fraction of sp³-hybridized carbons (Fsp3) is 0.632. The largest absolute Gasteiger partial charge is 0.481 e. The highest BCUT2D eigenvalue weighted by Gasteiger charge is 2.27. The monoisotopic (exact) mass is 489 g/mol. The van der Waals surface area contributed by atoms with Gasteiger partial charge in [0.2, 0.25) is 23.6 Å². The summed E-state index contributed by atoms with van der Waals surface area (Å²) in [5.74, 6) is -7.45. The first-order valence-corrected chi connectivity index (χ1v) is 10.3. The number of carbonyl (C=O) groups is 7. The molecule has 192 valence electrons. The van der Waals surface area contributed by atoms with Gasteiger partial charge in [0.1, 0.15) is 12.1 Å². The van der Waals surface area contributed by atoms with Crippen molar-refractivity contribution in [1.29, 1.82) is 0 Å². The summed E-state index contributed by atoms with van der Waals surface area (Å²) in [6.45, 7) is 2.36. The summed E-state index contributed by atoms with van der Waals surface area (Å²) in [6.07, 6.45) is -1.92. The molecule has 0 rings (SSSR count). The van der Waals surface area contributed by atoms with Gasteiger partial charge < -0.3 is 42.3 Å². The van der Waals surface area contributed by atoms with Gasteiger partial charge in [0.05, 0.1) is 19.1 Å². The zero-order chi connectivity index (χ0) is 26.4. The molecule has 0 spiro atoms. The molecule has 9 N–H and O–H groups in total. The van der Waals surface area contributed by atoms with Gasteiger partial charge in [-0.2, -0.15) is 0 Å². The van der Waals surface area contributed by atoms with Crippen LogP contribution in [0.3, 0.4) is 0 Å². The lowest BCUT2D eigenvalue weighted by Crippen LogP contribution is -2.53. The van der Waals surface area contributed by atoms with Crippen molar-refractivity contribution in [2.75, 3.05) is 13.1 Å². The third-order valence-corrected chi connectivity index (χ3v) is 4.45. The summed E-state index contributed by atoms with van der Waals surface area (Å²) in [5, 5.41) is 35.4. The summed E-state index contributed by atoms with van der Waals surface area (Å²) < 4.78 is 0. The van der Waals surface area contributed by atoms with Gasteiger partial charge >= 0.3 is 17.9 Å². The van der Waals surface area contributed by atoms with Crippen molar-refractivity contribution < 1.29 is 48.9 Å². The first-order valence-electron chi connectivity index (χ1n) is 10.3. The Balaban J connectivity index is 4.89. The SMILES string of the molecule is CC(C)[C@H](N)C(=O)NCC(=O)NCC(=O)N[C@@H](CCC(=O)O)C(=O)N[C@@H](CCC(=O)O)C(=O)O. The van der Waals surface area contributed by atoms with Crippen molar-refractivity contribution >= 4 is 41.5 Å². The summed E-state index contributed by atoms with van der Waals surface area (Å²) in [7, 11) is 0. The van der Waals surface area contributed by atoms with E-state index in [0.717, 1.165) is 0 Å². The van der Waals surface area contributed by atoms with Crippen molar-refractivity contribution in [2.45, 2.75) is 57.7 Å². The number of carboxylic acids is 3. The number of hydrogen-bond acceptors (Lipinski definition) is 8. The number of rotatable bonds is 16. The van der Waals surface area contributed by atoms with E-state index in [-0.39, 0.29) is 5.92 Å². The molecule has 34 heavy (non-hydrogen) atoms. The van der Waals surface area contributed by atoms with E-state index in [2.05, 4.69) is 21.3 Å². The molecule has 15 heteroatoms. The summed E-state index contributed by atoms with van der Waals surface area (Å²) in [5.41, 5.74) is 5.63. The van der Waals surface area contributed by atoms with Crippen LogP contribution in [0.1, 0.15) is 39.5 Å². The third-order valence-electron chi connectivity index (χ3n) is 4.45. The van der Waals surface area contributed by atoms with Crippen LogP contribution in [0.2, 0.25) is 0 Å². The molecule has 0 aliphatic heterocycles. The maximum Gasteiger partial charge on any atom is 0.326 e. The Morgan fingerprint density at radius 3 is 1.68 bits per heavy atom. The van der Waals surface area contributed by atoms with Gasteiger partial charge in [0, 0.05) is 12.8 Å². The average Bonchev–Trinajstić information content (AvgIpc) is 2.74. The molecule has 0 aromatic carbocycles. The number of carboxylic acid groups (broad SMARTS) is 3. The fourth-order valence-electron chi connectivity index (χ4n) is 2.41. The molecule has 0 radical (unpaired) electrons. The Bertz CT molecular complexity index is 785. The van der Waals surface area contributed by atoms with Gasteiger partial charge in [0.25, 0.3) is 0 Å². The Kier molecular flexibility index (Phi) is 13.5. The average molecular weight is 489 g/mol. The Morgan fingerprint density at radius 1 is 0.706 bits per heavy atom. The number of aliphatic carboxylic acids is 3. The smallest absolute Gasteiger partial charge is 0.326 e. The van der Waals surface area contributed by atoms with Crippen LogP contribution in [0.25, 0.3) is 0 Å². The van der Waals surface area contributed by atoms with E-state index in [4.69, 9.17) is 21.1 Å². The van der Waals surface area contributed by atoms with Crippen LogP contribution in [-0.4, -0.2) is 88.1 Å².